The van der Waals surface area contributed by atoms with Crippen molar-refractivity contribution in [3.05, 3.63) is 35.7 Å². The van der Waals surface area contributed by atoms with Gasteiger partial charge < -0.3 is 14.2 Å². The van der Waals surface area contributed by atoms with E-state index in [4.69, 9.17) is 9.63 Å². The van der Waals surface area contributed by atoms with Crippen LogP contribution in [0.1, 0.15) is 29.0 Å². The van der Waals surface area contributed by atoms with E-state index in [1.807, 2.05) is 17.7 Å². The van der Waals surface area contributed by atoms with Gasteiger partial charge in [-0.2, -0.15) is 0 Å². The minimum absolute atomic E-state index is 0.0758. The molecule has 0 saturated carbocycles. The molecule has 0 spiro atoms. The van der Waals surface area contributed by atoms with Crippen LogP contribution in [0.25, 0.3) is 0 Å². The van der Waals surface area contributed by atoms with Gasteiger partial charge in [0.1, 0.15) is 5.82 Å². The highest BCUT2D eigenvalue weighted by Crippen LogP contribution is 2.08. The third kappa shape index (κ3) is 1.95. The number of carboxylic acid groups (broad SMARTS) is 1. The monoisotopic (exact) mass is 221 g/mol. The first-order valence-corrected chi connectivity index (χ1v) is 4.89. The van der Waals surface area contributed by atoms with Gasteiger partial charge in [-0.3, -0.25) is 0 Å². The molecule has 0 aromatic carbocycles. The fourth-order valence-corrected chi connectivity index (χ4v) is 1.45. The van der Waals surface area contributed by atoms with E-state index in [0.717, 1.165) is 12.2 Å². The van der Waals surface area contributed by atoms with E-state index in [1.54, 1.807) is 6.20 Å². The Balaban J connectivity index is 2.17. The second-order valence-electron chi connectivity index (χ2n) is 3.31. The van der Waals surface area contributed by atoms with Crippen LogP contribution in [0.4, 0.5) is 0 Å². The van der Waals surface area contributed by atoms with Gasteiger partial charge >= 0.3 is 5.97 Å². The Labute approximate surface area is 91.5 Å². The molecular formula is C10H11N3O3. The fraction of sp³-hybridized carbons (Fsp3) is 0.300. The average Bonchev–Trinajstić information content (AvgIpc) is 2.87. The van der Waals surface area contributed by atoms with Crippen molar-refractivity contribution >= 4 is 5.97 Å². The first-order valence-electron chi connectivity index (χ1n) is 4.89. The van der Waals surface area contributed by atoms with Crippen molar-refractivity contribution in [2.24, 2.45) is 0 Å². The molecule has 84 valence electrons. The van der Waals surface area contributed by atoms with Crippen molar-refractivity contribution in [1.82, 2.24) is 14.7 Å². The van der Waals surface area contributed by atoms with Crippen LogP contribution < -0.4 is 0 Å². The molecule has 2 heterocycles. The zero-order valence-electron chi connectivity index (χ0n) is 8.75. The van der Waals surface area contributed by atoms with Gasteiger partial charge in [0.2, 0.25) is 0 Å². The molecule has 0 aliphatic carbocycles. The number of aromatic carboxylic acids is 1. The van der Waals surface area contributed by atoms with Crippen LogP contribution in [-0.4, -0.2) is 25.8 Å². The minimum atomic E-state index is -1.09. The van der Waals surface area contributed by atoms with E-state index < -0.39 is 5.97 Å². The number of carboxylic acids is 1. The maximum absolute atomic E-state index is 10.6. The van der Waals surface area contributed by atoms with Gasteiger partial charge in [0, 0.05) is 24.9 Å². The molecule has 0 fully saturated rings. The standard InChI is InChI=1S/C10H11N3O3/c1-2-9-11-3-4-13(9)6-7-5-8(10(14)15)12-16-7/h3-5H,2,6H2,1H3,(H,14,15). The molecule has 2 rings (SSSR count). The van der Waals surface area contributed by atoms with Crippen LogP contribution in [0.5, 0.6) is 0 Å². The quantitative estimate of drug-likeness (QED) is 0.838. The van der Waals surface area contributed by atoms with Crippen molar-refractivity contribution in [2.45, 2.75) is 19.9 Å². The van der Waals surface area contributed by atoms with Crippen molar-refractivity contribution < 1.29 is 14.4 Å². The lowest BCUT2D eigenvalue weighted by atomic mass is 10.3. The zero-order chi connectivity index (χ0) is 11.5. The van der Waals surface area contributed by atoms with Crippen molar-refractivity contribution in [3.8, 4) is 0 Å². The minimum Gasteiger partial charge on any atom is -0.476 e. The highest BCUT2D eigenvalue weighted by atomic mass is 16.5. The number of hydrogen-bond acceptors (Lipinski definition) is 4. The van der Waals surface area contributed by atoms with Crippen LogP contribution >= 0.6 is 0 Å². The van der Waals surface area contributed by atoms with Gasteiger partial charge in [0.15, 0.2) is 11.5 Å². The number of aromatic nitrogens is 3. The molecule has 0 aliphatic heterocycles. The van der Waals surface area contributed by atoms with Crippen molar-refractivity contribution in [3.63, 3.8) is 0 Å². The summed E-state index contributed by atoms with van der Waals surface area (Å²) >= 11 is 0. The van der Waals surface area contributed by atoms with Crippen molar-refractivity contribution in [2.75, 3.05) is 0 Å². The van der Waals surface area contributed by atoms with E-state index >= 15 is 0 Å². The van der Waals surface area contributed by atoms with E-state index in [1.165, 1.54) is 6.07 Å². The summed E-state index contributed by atoms with van der Waals surface area (Å²) in [4.78, 5) is 14.8. The maximum atomic E-state index is 10.6. The molecule has 16 heavy (non-hydrogen) atoms. The van der Waals surface area contributed by atoms with Crippen molar-refractivity contribution in [1.29, 1.82) is 0 Å². The average molecular weight is 221 g/mol. The van der Waals surface area contributed by atoms with Gasteiger partial charge in [0.05, 0.1) is 6.54 Å². The summed E-state index contributed by atoms with van der Waals surface area (Å²) in [5.41, 5.74) is -0.0758. The molecule has 1 N–H and O–H groups in total. The molecule has 6 nitrogen and oxygen atoms in total. The van der Waals surface area contributed by atoms with E-state index in [9.17, 15) is 4.79 Å². The highest BCUT2D eigenvalue weighted by Gasteiger charge is 2.11. The summed E-state index contributed by atoms with van der Waals surface area (Å²) in [6.45, 7) is 2.45. The van der Waals surface area contributed by atoms with E-state index in [-0.39, 0.29) is 5.69 Å². The Hall–Kier alpha value is -2.11. The lowest BCUT2D eigenvalue weighted by Crippen LogP contribution is -2.02. The second-order valence-corrected chi connectivity index (χ2v) is 3.31. The van der Waals surface area contributed by atoms with Gasteiger partial charge in [-0.05, 0) is 0 Å². The van der Waals surface area contributed by atoms with Crippen LogP contribution in [0.3, 0.4) is 0 Å². The number of aryl methyl sites for hydroxylation is 1. The third-order valence-electron chi connectivity index (χ3n) is 2.22. The van der Waals surface area contributed by atoms with E-state index in [0.29, 0.717) is 12.3 Å². The van der Waals surface area contributed by atoms with Gasteiger partial charge in [-0.1, -0.05) is 12.1 Å². The Bertz CT molecular complexity index is 501. The number of nitrogens with zero attached hydrogens (tertiary/aromatic N) is 3. The SMILES string of the molecule is CCc1nccn1Cc1cc(C(=O)O)no1. The Morgan fingerprint density at radius 3 is 3.06 bits per heavy atom. The van der Waals surface area contributed by atoms with Crippen LogP contribution in [0, 0.1) is 0 Å². The van der Waals surface area contributed by atoms with Crippen LogP contribution in [0.2, 0.25) is 0 Å². The smallest absolute Gasteiger partial charge is 0.358 e. The molecule has 6 heteroatoms. The summed E-state index contributed by atoms with van der Waals surface area (Å²) in [6.07, 6.45) is 4.34. The molecule has 0 aliphatic rings. The largest absolute Gasteiger partial charge is 0.476 e. The predicted octanol–water partition coefficient (Wildman–Crippen LogP) is 1.18. The molecular weight excluding hydrogens is 210 g/mol. The normalized spacial score (nSPS) is 10.6. The lowest BCUT2D eigenvalue weighted by Gasteiger charge is -2.01. The molecule has 0 unspecified atom stereocenters. The molecule has 0 bridgehead atoms. The Morgan fingerprint density at radius 1 is 1.62 bits per heavy atom. The lowest BCUT2D eigenvalue weighted by molar-refractivity contribution is 0.0685. The predicted molar refractivity (Wildman–Crippen MR) is 54.2 cm³/mol. The van der Waals surface area contributed by atoms with Gasteiger partial charge in [0.25, 0.3) is 0 Å². The summed E-state index contributed by atoms with van der Waals surface area (Å²) in [6, 6.07) is 1.42. The van der Waals surface area contributed by atoms with E-state index in [2.05, 4.69) is 10.1 Å². The van der Waals surface area contributed by atoms with Crippen LogP contribution in [0.15, 0.2) is 23.0 Å². The number of imidazole rings is 1. The summed E-state index contributed by atoms with van der Waals surface area (Å²) < 4.78 is 6.81. The first kappa shape index (κ1) is 10.4. The van der Waals surface area contributed by atoms with Gasteiger partial charge in [-0.25, -0.2) is 9.78 Å². The molecule has 2 aromatic rings. The summed E-state index contributed by atoms with van der Waals surface area (Å²) in [7, 11) is 0. The fourth-order valence-electron chi connectivity index (χ4n) is 1.45. The molecule has 0 amide bonds. The Kier molecular flexibility index (Phi) is 2.72. The first-order chi connectivity index (χ1) is 7.70. The Morgan fingerprint density at radius 2 is 2.44 bits per heavy atom. The number of rotatable bonds is 4. The summed E-state index contributed by atoms with van der Waals surface area (Å²) in [5, 5.41) is 12.1. The molecule has 0 atom stereocenters. The molecule has 0 saturated heterocycles. The van der Waals surface area contributed by atoms with Crippen LogP contribution in [-0.2, 0) is 13.0 Å². The molecule has 0 radical (unpaired) electrons. The molecule has 2 aromatic heterocycles. The summed E-state index contributed by atoms with van der Waals surface area (Å²) in [5.74, 6) is 0.342. The highest BCUT2D eigenvalue weighted by molar-refractivity contribution is 5.85. The topological polar surface area (TPSA) is 81.2 Å². The zero-order valence-corrected chi connectivity index (χ0v) is 8.75. The third-order valence-corrected chi connectivity index (χ3v) is 2.22. The number of hydrogen-bond donors (Lipinski definition) is 1. The second kappa shape index (κ2) is 4.18. The van der Waals surface area contributed by atoms with Gasteiger partial charge in [-0.15, -0.1) is 0 Å². The maximum Gasteiger partial charge on any atom is 0.358 e. The number of carbonyl (C=O) groups is 1.